The molecule has 0 bridgehead atoms. The van der Waals surface area contributed by atoms with Crippen LogP contribution in [-0.2, 0) is 0 Å². The van der Waals surface area contributed by atoms with Crippen LogP contribution in [0.2, 0.25) is 0 Å². The van der Waals surface area contributed by atoms with Gasteiger partial charge in [0, 0.05) is 6.07 Å². The summed E-state index contributed by atoms with van der Waals surface area (Å²) in [5, 5.41) is 8.80. The lowest BCUT2D eigenvalue weighted by atomic mass is 10.1. The first-order chi connectivity index (χ1) is 9.47. The molecule has 0 aliphatic heterocycles. The average Bonchev–Trinajstić information content (AvgIpc) is 2.42. The number of hydrogen-bond donors (Lipinski definition) is 1. The molecule has 20 heavy (non-hydrogen) atoms. The maximum atomic E-state index is 13.5. The molecule has 0 amide bonds. The Morgan fingerprint density at radius 1 is 1.15 bits per heavy atom. The van der Waals surface area contributed by atoms with E-state index in [0.29, 0.717) is 5.56 Å². The summed E-state index contributed by atoms with van der Waals surface area (Å²) in [6.45, 7) is 1.69. The number of carbonyl (C=O) groups is 1. The zero-order valence-electron chi connectivity index (χ0n) is 10.6. The van der Waals surface area contributed by atoms with Gasteiger partial charge in [-0.1, -0.05) is 12.1 Å². The molecule has 5 heteroatoms. The lowest BCUT2D eigenvalue weighted by Crippen LogP contribution is -2.05. The van der Waals surface area contributed by atoms with Gasteiger partial charge in [-0.15, -0.1) is 0 Å². The standard InChI is InChI=1S/C15H12F2O3/c1-9(10-2-4-11(5-3-10)15(18)19)20-14-7-6-12(16)8-13(14)17/h2-9H,1H3,(H,18,19). The van der Waals surface area contributed by atoms with E-state index in [0.717, 1.165) is 12.1 Å². The zero-order chi connectivity index (χ0) is 14.7. The fourth-order valence-corrected chi connectivity index (χ4v) is 1.73. The van der Waals surface area contributed by atoms with Crippen molar-refractivity contribution in [2.24, 2.45) is 0 Å². The van der Waals surface area contributed by atoms with Crippen molar-refractivity contribution in [3.8, 4) is 5.75 Å². The van der Waals surface area contributed by atoms with Crippen molar-refractivity contribution in [1.29, 1.82) is 0 Å². The van der Waals surface area contributed by atoms with Gasteiger partial charge in [-0.3, -0.25) is 0 Å². The Morgan fingerprint density at radius 3 is 2.35 bits per heavy atom. The third-order valence-corrected chi connectivity index (χ3v) is 2.82. The van der Waals surface area contributed by atoms with Gasteiger partial charge >= 0.3 is 5.97 Å². The first kappa shape index (κ1) is 14.0. The minimum Gasteiger partial charge on any atom is -0.483 e. The number of benzene rings is 2. The molecule has 0 spiro atoms. The monoisotopic (exact) mass is 278 g/mol. The maximum absolute atomic E-state index is 13.5. The molecule has 2 aromatic rings. The van der Waals surface area contributed by atoms with E-state index in [4.69, 9.17) is 9.84 Å². The van der Waals surface area contributed by atoms with Gasteiger partial charge in [0.2, 0.25) is 0 Å². The van der Waals surface area contributed by atoms with Gasteiger partial charge in [0.1, 0.15) is 11.9 Å². The molecular formula is C15H12F2O3. The minimum absolute atomic E-state index is 0.0544. The summed E-state index contributed by atoms with van der Waals surface area (Å²) in [4.78, 5) is 10.7. The number of hydrogen-bond acceptors (Lipinski definition) is 2. The van der Waals surface area contributed by atoms with Crippen molar-refractivity contribution in [1.82, 2.24) is 0 Å². The molecule has 0 aromatic heterocycles. The first-order valence-corrected chi connectivity index (χ1v) is 5.92. The van der Waals surface area contributed by atoms with Crippen molar-refractivity contribution in [2.75, 3.05) is 0 Å². The molecule has 0 heterocycles. The highest BCUT2D eigenvalue weighted by Gasteiger charge is 2.12. The highest BCUT2D eigenvalue weighted by Crippen LogP contribution is 2.25. The molecule has 0 saturated carbocycles. The van der Waals surface area contributed by atoms with E-state index in [-0.39, 0.29) is 11.3 Å². The Bertz CT molecular complexity index is 624. The van der Waals surface area contributed by atoms with Crippen LogP contribution >= 0.6 is 0 Å². The van der Waals surface area contributed by atoms with Crippen molar-refractivity contribution in [3.05, 3.63) is 65.2 Å². The fraction of sp³-hybridized carbons (Fsp3) is 0.133. The van der Waals surface area contributed by atoms with Gasteiger partial charge in [-0.25, -0.2) is 13.6 Å². The molecule has 0 saturated heterocycles. The quantitative estimate of drug-likeness (QED) is 0.925. The molecule has 2 rings (SSSR count). The third kappa shape index (κ3) is 3.12. The predicted molar refractivity (Wildman–Crippen MR) is 68.8 cm³/mol. The minimum atomic E-state index is -1.02. The lowest BCUT2D eigenvalue weighted by molar-refractivity contribution is 0.0696. The molecule has 0 radical (unpaired) electrons. The highest BCUT2D eigenvalue weighted by atomic mass is 19.1. The molecule has 0 fully saturated rings. The van der Waals surface area contributed by atoms with E-state index < -0.39 is 23.7 Å². The highest BCUT2D eigenvalue weighted by molar-refractivity contribution is 5.87. The fourth-order valence-electron chi connectivity index (χ4n) is 1.73. The van der Waals surface area contributed by atoms with Crippen LogP contribution in [0.1, 0.15) is 28.9 Å². The van der Waals surface area contributed by atoms with E-state index in [9.17, 15) is 13.6 Å². The summed E-state index contributed by atoms with van der Waals surface area (Å²) in [5.41, 5.74) is 0.854. The van der Waals surface area contributed by atoms with Crippen molar-refractivity contribution in [2.45, 2.75) is 13.0 Å². The van der Waals surface area contributed by atoms with Crippen LogP contribution in [0.15, 0.2) is 42.5 Å². The Morgan fingerprint density at radius 2 is 1.80 bits per heavy atom. The van der Waals surface area contributed by atoms with Gasteiger partial charge in [0.25, 0.3) is 0 Å². The molecular weight excluding hydrogens is 266 g/mol. The molecule has 2 aromatic carbocycles. The van der Waals surface area contributed by atoms with Crippen LogP contribution in [0.5, 0.6) is 5.75 Å². The second-order valence-corrected chi connectivity index (χ2v) is 4.26. The second kappa shape index (κ2) is 5.69. The maximum Gasteiger partial charge on any atom is 0.335 e. The molecule has 1 unspecified atom stereocenters. The molecule has 0 aliphatic carbocycles. The van der Waals surface area contributed by atoms with E-state index in [1.807, 2.05) is 0 Å². The topological polar surface area (TPSA) is 46.5 Å². The van der Waals surface area contributed by atoms with Crippen LogP contribution in [0.25, 0.3) is 0 Å². The molecule has 104 valence electrons. The largest absolute Gasteiger partial charge is 0.483 e. The summed E-state index contributed by atoms with van der Waals surface area (Å²) in [6, 6.07) is 9.14. The van der Waals surface area contributed by atoms with Crippen LogP contribution < -0.4 is 4.74 Å². The van der Waals surface area contributed by atoms with Crippen LogP contribution in [0, 0.1) is 11.6 Å². The number of aromatic carboxylic acids is 1. The van der Waals surface area contributed by atoms with Gasteiger partial charge < -0.3 is 9.84 Å². The molecule has 0 aliphatic rings. The van der Waals surface area contributed by atoms with Crippen LogP contribution in [0.4, 0.5) is 8.78 Å². The second-order valence-electron chi connectivity index (χ2n) is 4.26. The first-order valence-electron chi connectivity index (χ1n) is 5.92. The number of rotatable bonds is 4. The normalized spacial score (nSPS) is 11.9. The van der Waals surface area contributed by atoms with E-state index in [1.54, 1.807) is 19.1 Å². The van der Waals surface area contributed by atoms with Gasteiger partial charge in [0.15, 0.2) is 11.6 Å². The summed E-state index contributed by atoms with van der Waals surface area (Å²) < 4.78 is 31.6. The van der Waals surface area contributed by atoms with Crippen LogP contribution in [-0.4, -0.2) is 11.1 Å². The number of carboxylic acid groups (broad SMARTS) is 1. The molecule has 3 nitrogen and oxygen atoms in total. The van der Waals surface area contributed by atoms with E-state index >= 15 is 0 Å². The summed E-state index contributed by atoms with van der Waals surface area (Å²) >= 11 is 0. The number of halogens is 2. The van der Waals surface area contributed by atoms with E-state index in [2.05, 4.69) is 0 Å². The summed E-state index contributed by atoms with van der Waals surface area (Å²) in [7, 11) is 0. The number of carboxylic acids is 1. The van der Waals surface area contributed by atoms with Crippen LogP contribution in [0.3, 0.4) is 0 Å². The Balaban J connectivity index is 2.15. The smallest absolute Gasteiger partial charge is 0.335 e. The Hall–Kier alpha value is -2.43. The van der Waals surface area contributed by atoms with Gasteiger partial charge in [-0.05, 0) is 36.8 Å². The van der Waals surface area contributed by atoms with E-state index in [1.165, 1.54) is 18.2 Å². The third-order valence-electron chi connectivity index (χ3n) is 2.82. The Kier molecular flexibility index (Phi) is 3.98. The van der Waals surface area contributed by atoms with Gasteiger partial charge in [0.05, 0.1) is 5.56 Å². The summed E-state index contributed by atoms with van der Waals surface area (Å²) in [6.07, 6.45) is -0.488. The van der Waals surface area contributed by atoms with Gasteiger partial charge in [-0.2, -0.15) is 0 Å². The lowest BCUT2D eigenvalue weighted by Gasteiger charge is -2.15. The van der Waals surface area contributed by atoms with Crippen molar-refractivity contribution < 1.29 is 23.4 Å². The molecule has 1 atom stereocenters. The zero-order valence-corrected chi connectivity index (χ0v) is 10.6. The SMILES string of the molecule is CC(Oc1ccc(F)cc1F)c1ccc(C(=O)O)cc1. The number of ether oxygens (including phenoxy) is 1. The van der Waals surface area contributed by atoms with Crippen molar-refractivity contribution in [3.63, 3.8) is 0 Å². The molecule has 1 N–H and O–H groups in total. The summed E-state index contributed by atoms with van der Waals surface area (Å²) in [5.74, 6) is -2.52. The Labute approximate surface area is 114 Å². The van der Waals surface area contributed by atoms with Crippen molar-refractivity contribution >= 4 is 5.97 Å². The average molecular weight is 278 g/mol. The predicted octanol–water partition coefficient (Wildman–Crippen LogP) is 3.80.